The molecule has 0 aliphatic carbocycles. The van der Waals surface area contributed by atoms with Gasteiger partial charge in [-0.25, -0.2) is 0 Å². The van der Waals surface area contributed by atoms with E-state index < -0.39 is 11.7 Å². The van der Waals surface area contributed by atoms with E-state index in [0.717, 1.165) is 4.47 Å². The van der Waals surface area contributed by atoms with Gasteiger partial charge in [0.15, 0.2) is 0 Å². The average molecular weight is 371 g/mol. The summed E-state index contributed by atoms with van der Waals surface area (Å²) >= 11 is 9.29. The molecule has 0 radical (unpaired) electrons. The Morgan fingerprint density at radius 2 is 2.00 bits per heavy atom. The number of hydrogen-bond acceptors (Lipinski definition) is 3. The molecular weight excluding hydrogens is 358 g/mol. The molecule has 0 saturated carbocycles. The van der Waals surface area contributed by atoms with Gasteiger partial charge in [-0.2, -0.15) is 5.10 Å². The van der Waals surface area contributed by atoms with Crippen LogP contribution in [-0.2, 0) is 11.8 Å². The Morgan fingerprint density at radius 3 is 2.52 bits per heavy atom. The highest BCUT2D eigenvalue weighted by Crippen LogP contribution is 2.26. The molecule has 1 aromatic carbocycles. The van der Waals surface area contributed by atoms with Crippen molar-refractivity contribution in [3.8, 4) is 0 Å². The van der Waals surface area contributed by atoms with Crippen LogP contribution in [0.5, 0.6) is 0 Å². The van der Waals surface area contributed by atoms with Crippen LogP contribution in [0.3, 0.4) is 0 Å². The van der Waals surface area contributed by atoms with Crippen molar-refractivity contribution in [3.05, 3.63) is 44.6 Å². The summed E-state index contributed by atoms with van der Waals surface area (Å²) < 4.78 is 2.36. The lowest BCUT2D eigenvalue weighted by atomic mass is 10.1. The molecule has 0 unspecified atom stereocenters. The van der Waals surface area contributed by atoms with Gasteiger partial charge in [-0.3, -0.25) is 14.3 Å². The van der Waals surface area contributed by atoms with Gasteiger partial charge < -0.3 is 5.32 Å². The smallest absolute Gasteiger partial charge is 0.296 e. The Morgan fingerprint density at radius 1 is 1.33 bits per heavy atom. The summed E-state index contributed by atoms with van der Waals surface area (Å²) in [6, 6.07) is 5.00. The monoisotopic (exact) mass is 369 g/mol. The van der Waals surface area contributed by atoms with Crippen LogP contribution in [-0.4, -0.2) is 21.5 Å². The summed E-state index contributed by atoms with van der Waals surface area (Å²) in [5, 5.41) is 7.01. The average Bonchev–Trinajstić information content (AvgIpc) is 2.66. The van der Waals surface area contributed by atoms with Gasteiger partial charge in [0.25, 0.3) is 11.7 Å². The Hall–Kier alpha value is -1.66. The molecular formula is C14H13BrClN3O2. The van der Waals surface area contributed by atoms with Gasteiger partial charge in [-0.05, 0) is 32.0 Å². The summed E-state index contributed by atoms with van der Waals surface area (Å²) in [6.45, 7) is 3.44. The number of amides is 1. The van der Waals surface area contributed by atoms with Gasteiger partial charge in [0.2, 0.25) is 0 Å². The summed E-state index contributed by atoms with van der Waals surface area (Å²) in [5.41, 5.74) is 1.88. The molecule has 110 valence electrons. The van der Waals surface area contributed by atoms with Crippen LogP contribution >= 0.6 is 27.5 Å². The number of halogens is 2. The quantitative estimate of drug-likeness (QED) is 0.666. The summed E-state index contributed by atoms with van der Waals surface area (Å²) in [6.07, 6.45) is 0. The lowest BCUT2D eigenvalue weighted by Crippen LogP contribution is -2.24. The molecule has 0 bridgehead atoms. The molecule has 0 spiro atoms. The standard InChI is InChI=1S/C14H13BrClN3O2/c1-7-12(8(2)19(3)18-7)13(20)14(21)17-11-5-4-9(15)6-10(11)16/h4-6H,1-3H3,(H,17,21). The second kappa shape index (κ2) is 5.99. The fourth-order valence-electron chi connectivity index (χ4n) is 1.99. The van der Waals surface area contributed by atoms with E-state index >= 15 is 0 Å². The SMILES string of the molecule is Cc1nn(C)c(C)c1C(=O)C(=O)Nc1ccc(Br)cc1Cl. The highest BCUT2D eigenvalue weighted by atomic mass is 79.9. The fraction of sp³-hybridized carbons (Fsp3) is 0.214. The minimum absolute atomic E-state index is 0.322. The maximum absolute atomic E-state index is 12.3. The van der Waals surface area contributed by atoms with Crippen molar-refractivity contribution in [2.24, 2.45) is 7.05 Å². The molecule has 1 N–H and O–H groups in total. The number of carbonyl (C=O) groups is 2. The van der Waals surface area contributed by atoms with E-state index in [1.54, 1.807) is 43.8 Å². The second-order valence-electron chi connectivity index (χ2n) is 4.58. The van der Waals surface area contributed by atoms with Gasteiger partial charge in [0.1, 0.15) is 0 Å². The van der Waals surface area contributed by atoms with Crippen LogP contribution in [0.2, 0.25) is 5.02 Å². The molecule has 0 fully saturated rings. The third-order valence-electron chi connectivity index (χ3n) is 3.12. The van der Waals surface area contributed by atoms with Gasteiger partial charge in [0.05, 0.1) is 22.0 Å². The molecule has 1 amide bonds. The zero-order chi connectivity index (χ0) is 15.7. The first-order valence-corrected chi connectivity index (χ1v) is 7.29. The fourth-order valence-corrected chi connectivity index (χ4v) is 2.71. The Kier molecular flexibility index (Phi) is 4.49. The van der Waals surface area contributed by atoms with E-state index in [1.165, 1.54) is 0 Å². The number of ketones is 1. The zero-order valence-corrected chi connectivity index (χ0v) is 14.0. The molecule has 2 aromatic rings. The van der Waals surface area contributed by atoms with Gasteiger partial charge in [0, 0.05) is 17.2 Å². The predicted molar refractivity (Wildman–Crippen MR) is 84.8 cm³/mol. The largest absolute Gasteiger partial charge is 0.318 e. The summed E-state index contributed by atoms with van der Waals surface area (Å²) in [7, 11) is 1.72. The number of nitrogens with zero attached hydrogens (tertiary/aromatic N) is 2. The van der Waals surface area contributed by atoms with E-state index in [-0.39, 0.29) is 0 Å². The Labute approximate surface area is 135 Å². The van der Waals surface area contributed by atoms with Crippen LogP contribution in [0.4, 0.5) is 5.69 Å². The van der Waals surface area contributed by atoms with Crippen molar-refractivity contribution in [3.63, 3.8) is 0 Å². The lowest BCUT2D eigenvalue weighted by Gasteiger charge is -2.07. The predicted octanol–water partition coefficient (Wildman–Crippen LogP) is 3.27. The number of carbonyl (C=O) groups excluding carboxylic acids is 2. The highest BCUT2D eigenvalue weighted by molar-refractivity contribution is 9.10. The number of nitrogens with one attached hydrogen (secondary N) is 1. The third-order valence-corrected chi connectivity index (χ3v) is 3.93. The van der Waals surface area contributed by atoms with Crippen LogP contribution in [0.1, 0.15) is 21.7 Å². The maximum atomic E-state index is 12.3. The first kappa shape index (κ1) is 15.7. The minimum atomic E-state index is -0.738. The molecule has 7 heteroatoms. The van der Waals surface area contributed by atoms with E-state index in [2.05, 4.69) is 26.3 Å². The first-order valence-electron chi connectivity index (χ1n) is 6.12. The van der Waals surface area contributed by atoms with Crippen molar-refractivity contribution >= 4 is 44.9 Å². The number of rotatable bonds is 3. The molecule has 5 nitrogen and oxygen atoms in total. The van der Waals surface area contributed by atoms with Crippen molar-refractivity contribution < 1.29 is 9.59 Å². The van der Waals surface area contributed by atoms with Gasteiger partial charge in [-0.15, -0.1) is 0 Å². The number of anilines is 1. The van der Waals surface area contributed by atoms with E-state index in [9.17, 15) is 9.59 Å². The first-order chi connectivity index (χ1) is 9.81. The molecule has 0 aliphatic rings. The molecule has 0 saturated heterocycles. The number of benzene rings is 1. The second-order valence-corrected chi connectivity index (χ2v) is 5.90. The maximum Gasteiger partial charge on any atom is 0.296 e. The number of Topliss-reactive ketones (excluding diaryl/α,β-unsaturated/α-hetero) is 1. The van der Waals surface area contributed by atoms with Gasteiger partial charge in [-0.1, -0.05) is 27.5 Å². The Balaban J connectivity index is 2.26. The molecule has 21 heavy (non-hydrogen) atoms. The van der Waals surface area contributed by atoms with Gasteiger partial charge >= 0.3 is 0 Å². The van der Waals surface area contributed by atoms with Crippen molar-refractivity contribution in [1.82, 2.24) is 9.78 Å². The van der Waals surface area contributed by atoms with E-state index in [1.807, 2.05) is 0 Å². The molecule has 2 rings (SSSR count). The number of hydrogen-bond donors (Lipinski definition) is 1. The molecule has 1 heterocycles. The summed E-state index contributed by atoms with van der Waals surface area (Å²) in [5.74, 6) is -1.37. The highest BCUT2D eigenvalue weighted by Gasteiger charge is 2.24. The number of aryl methyl sites for hydroxylation is 2. The van der Waals surface area contributed by atoms with E-state index in [4.69, 9.17) is 11.6 Å². The van der Waals surface area contributed by atoms with Crippen LogP contribution < -0.4 is 5.32 Å². The minimum Gasteiger partial charge on any atom is -0.318 e. The van der Waals surface area contributed by atoms with Crippen molar-refractivity contribution in [2.45, 2.75) is 13.8 Å². The van der Waals surface area contributed by atoms with Crippen molar-refractivity contribution in [2.75, 3.05) is 5.32 Å². The topological polar surface area (TPSA) is 64.0 Å². The van der Waals surface area contributed by atoms with Crippen molar-refractivity contribution in [1.29, 1.82) is 0 Å². The van der Waals surface area contributed by atoms with E-state index in [0.29, 0.717) is 27.7 Å². The van der Waals surface area contributed by atoms with Crippen LogP contribution in [0.25, 0.3) is 0 Å². The molecule has 0 atom stereocenters. The van der Waals surface area contributed by atoms with Crippen LogP contribution in [0, 0.1) is 13.8 Å². The molecule has 1 aromatic heterocycles. The summed E-state index contributed by atoms with van der Waals surface area (Å²) in [4.78, 5) is 24.4. The third kappa shape index (κ3) is 3.16. The number of aromatic nitrogens is 2. The Bertz CT molecular complexity index is 740. The normalized spacial score (nSPS) is 10.5. The zero-order valence-electron chi connectivity index (χ0n) is 11.7. The molecule has 0 aliphatic heterocycles. The lowest BCUT2D eigenvalue weighted by molar-refractivity contribution is -0.112. The van der Waals surface area contributed by atoms with Crippen LogP contribution in [0.15, 0.2) is 22.7 Å².